The predicted octanol–water partition coefficient (Wildman–Crippen LogP) is 0.400. The molecule has 0 saturated carbocycles. The largest absolute Gasteiger partial charge is 0.305 e. The molecule has 0 rings (SSSR count). The lowest BCUT2D eigenvalue weighted by Crippen LogP contribution is -1.82. The Kier molecular flexibility index (Phi) is 3.07. The van der Waals surface area contributed by atoms with Crippen molar-refractivity contribution >= 4 is 22.3 Å². The van der Waals surface area contributed by atoms with Crippen molar-refractivity contribution in [2.45, 2.75) is 6.92 Å². The molecule has 0 aromatic carbocycles. The molecule has 0 heterocycles. The fourth-order valence-electron chi connectivity index (χ4n) is 0.103. The molecule has 0 aliphatic heterocycles. The van der Waals surface area contributed by atoms with Gasteiger partial charge in [-0.15, -0.1) is 4.99 Å². The summed E-state index contributed by atoms with van der Waals surface area (Å²) in [6.45, 7) is 1.74. The van der Waals surface area contributed by atoms with Crippen LogP contribution in [-0.4, -0.2) is 10.9 Å². The number of nitrogens with zero attached hydrogens (tertiary/aromatic N) is 2. The highest BCUT2D eigenvalue weighted by molar-refractivity contribution is 7.92. The van der Waals surface area contributed by atoms with Crippen LogP contribution in [0.25, 0.3) is 0 Å². The lowest BCUT2D eigenvalue weighted by atomic mass is 10.9. The van der Waals surface area contributed by atoms with Crippen LogP contribution >= 0.6 is 0 Å². The van der Waals surface area contributed by atoms with Crippen molar-refractivity contribution < 1.29 is 0 Å². The van der Waals surface area contributed by atoms with Crippen LogP contribution in [0.1, 0.15) is 6.92 Å². The van der Waals surface area contributed by atoms with E-state index in [0.717, 1.165) is 0 Å². The van der Waals surface area contributed by atoms with Crippen molar-refractivity contribution in [3.63, 3.8) is 0 Å². The van der Waals surface area contributed by atoms with E-state index in [1.54, 1.807) is 13.1 Å². The van der Waals surface area contributed by atoms with Gasteiger partial charge in [-0.3, -0.25) is 0 Å². The first-order chi connectivity index (χ1) is 3.31. The molecular formula is C4H5N2S+. The van der Waals surface area contributed by atoms with Crippen LogP contribution in [0.15, 0.2) is 4.99 Å². The van der Waals surface area contributed by atoms with Gasteiger partial charge in [0.25, 0.3) is 0 Å². The van der Waals surface area contributed by atoms with Crippen molar-refractivity contribution in [3.8, 4) is 6.19 Å². The van der Waals surface area contributed by atoms with E-state index in [2.05, 4.69) is 10.9 Å². The first-order valence-electron chi connectivity index (χ1n) is 1.66. The van der Waals surface area contributed by atoms with Crippen molar-refractivity contribution in [1.29, 1.82) is 5.26 Å². The quantitative estimate of drug-likeness (QED) is 0.147. The van der Waals surface area contributed by atoms with Gasteiger partial charge >= 0.3 is 5.04 Å². The summed E-state index contributed by atoms with van der Waals surface area (Å²) in [6, 6.07) is 0. The summed E-state index contributed by atoms with van der Waals surface area (Å²) in [5.74, 6) is 3.44. The average Bonchev–Trinajstić information content (AvgIpc) is 1.68. The first-order valence-corrected chi connectivity index (χ1v) is 2.65. The van der Waals surface area contributed by atoms with Gasteiger partial charge in [0.1, 0.15) is 0 Å². The minimum atomic E-state index is 0.697. The number of aliphatic imine (C=N–C) groups is 1. The van der Waals surface area contributed by atoms with Crippen LogP contribution < -0.4 is 0 Å². The minimum absolute atomic E-state index is 0.697. The molecule has 3 heteroatoms. The zero-order valence-corrected chi connectivity index (χ0v) is 4.83. The monoisotopic (exact) mass is 113 g/mol. The Bertz CT molecular complexity index is 131. The highest BCUT2D eigenvalue weighted by atomic mass is 32.1. The molecule has 0 bridgehead atoms. The molecule has 0 atom stereocenters. The van der Waals surface area contributed by atoms with Crippen LogP contribution in [-0.2, 0) is 11.4 Å². The maximum atomic E-state index is 7.89. The highest BCUT2D eigenvalue weighted by Crippen LogP contribution is 1.68. The van der Waals surface area contributed by atoms with Gasteiger partial charge in [0, 0.05) is 6.92 Å². The number of hydrogen-bond donors (Lipinski definition) is 0. The SMILES string of the molecule is C=[S+]C(C)=NC#N. The molecule has 0 amide bonds. The second kappa shape index (κ2) is 3.44. The third-order valence-electron chi connectivity index (χ3n) is 0.416. The first kappa shape index (κ1) is 6.25. The van der Waals surface area contributed by atoms with Crippen LogP contribution in [0, 0.1) is 11.5 Å². The van der Waals surface area contributed by atoms with Crippen LogP contribution in [0.2, 0.25) is 0 Å². The van der Waals surface area contributed by atoms with E-state index in [9.17, 15) is 0 Å². The second-order valence-corrected chi connectivity index (χ2v) is 1.75. The third kappa shape index (κ3) is 3.07. The van der Waals surface area contributed by atoms with Gasteiger partial charge in [0.15, 0.2) is 5.87 Å². The summed E-state index contributed by atoms with van der Waals surface area (Å²) in [6.07, 6.45) is 1.65. The van der Waals surface area contributed by atoms with E-state index in [1.807, 2.05) is 0 Å². The van der Waals surface area contributed by atoms with Gasteiger partial charge < -0.3 is 0 Å². The molecule has 0 spiro atoms. The predicted molar refractivity (Wildman–Crippen MR) is 33.2 cm³/mol. The Balaban J connectivity index is 3.80. The Labute approximate surface area is 46.4 Å². The molecule has 0 aliphatic carbocycles. The van der Waals surface area contributed by atoms with Gasteiger partial charge in [0.2, 0.25) is 17.5 Å². The Morgan fingerprint density at radius 3 is 2.71 bits per heavy atom. The second-order valence-electron chi connectivity index (χ2n) is 0.875. The van der Waals surface area contributed by atoms with Crippen molar-refractivity contribution in [3.05, 3.63) is 0 Å². The Hall–Kier alpha value is -0.750. The molecule has 2 nitrogen and oxygen atoms in total. The van der Waals surface area contributed by atoms with Gasteiger partial charge in [-0.1, -0.05) is 0 Å². The molecule has 0 N–H and O–H groups in total. The lowest BCUT2D eigenvalue weighted by Gasteiger charge is -1.58. The standard InChI is InChI=1S/C4H5N2S/c1-4(7-2)6-3-5/h2H2,1H3/q+1. The lowest BCUT2D eigenvalue weighted by molar-refractivity contribution is 1.44. The average molecular weight is 113 g/mol. The fraction of sp³-hybridized carbons (Fsp3) is 0.250. The summed E-state index contributed by atoms with van der Waals surface area (Å²) in [5.41, 5.74) is 0. The van der Waals surface area contributed by atoms with E-state index >= 15 is 0 Å². The summed E-state index contributed by atoms with van der Waals surface area (Å²) in [7, 11) is 0. The highest BCUT2D eigenvalue weighted by Gasteiger charge is 1.92. The topological polar surface area (TPSA) is 36.1 Å². The molecule has 0 radical (unpaired) electrons. The van der Waals surface area contributed by atoms with Crippen LogP contribution in [0.5, 0.6) is 0 Å². The molecule has 0 fully saturated rings. The van der Waals surface area contributed by atoms with Gasteiger partial charge in [-0.2, -0.15) is 5.26 Å². The summed E-state index contributed by atoms with van der Waals surface area (Å²) in [4.78, 5) is 3.37. The van der Waals surface area contributed by atoms with E-state index in [1.165, 1.54) is 11.4 Å². The number of hydrogen-bond acceptors (Lipinski definition) is 2. The number of nitriles is 1. The van der Waals surface area contributed by atoms with Crippen LogP contribution in [0.3, 0.4) is 0 Å². The maximum Gasteiger partial charge on any atom is 0.305 e. The van der Waals surface area contributed by atoms with E-state index < -0.39 is 0 Å². The van der Waals surface area contributed by atoms with Gasteiger partial charge in [0.05, 0.1) is 0 Å². The smallest absolute Gasteiger partial charge is 0.170 e. The van der Waals surface area contributed by atoms with Crippen molar-refractivity contribution in [1.82, 2.24) is 0 Å². The minimum Gasteiger partial charge on any atom is -0.170 e. The Morgan fingerprint density at radius 1 is 2.00 bits per heavy atom. The van der Waals surface area contributed by atoms with Gasteiger partial charge in [-0.05, 0) is 0 Å². The summed E-state index contributed by atoms with van der Waals surface area (Å²) in [5, 5.41) is 8.59. The van der Waals surface area contributed by atoms with Crippen molar-refractivity contribution in [2.24, 2.45) is 4.99 Å². The molecule has 7 heavy (non-hydrogen) atoms. The van der Waals surface area contributed by atoms with E-state index in [-0.39, 0.29) is 0 Å². The third-order valence-corrected chi connectivity index (χ3v) is 0.925. The zero-order valence-electron chi connectivity index (χ0n) is 4.01. The molecule has 0 aromatic heterocycles. The molecule has 0 unspecified atom stereocenters. The van der Waals surface area contributed by atoms with Crippen LogP contribution in [0.4, 0.5) is 0 Å². The maximum absolute atomic E-state index is 7.89. The van der Waals surface area contributed by atoms with E-state index in [0.29, 0.717) is 5.04 Å². The summed E-state index contributed by atoms with van der Waals surface area (Å²) >= 11 is 1.23. The van der Waals surface area contributed by atoms with Gasteiger partial charge in [-0.25, -0.2) is 0 Å². The van der Waals surface area contributed by atoms with Crippen molar-refractivity contribution in [2.75, 3.05) is 0 Å². The molecule has 0 aliphatic rings. The normalized spacial score (nSPS) is 10.0. The van der Waals surface area contributed by atoms with E-state index in [4.69, 9.17) is 5.26 Å². The Morgan fingerprint density at radius 2 is 2.57 bits per heavy atom. The summed E-state index contributed by atoms with van der Waals surface area (Å²) < 4.78 is 0. The molecule has 36 valence electrons. The molecular weight excluding hydrogens is 108 g/mol. The fourth-order valence-corrected chi connectivity index (χ4v) is 0.208. The zero-order chi connectivity index (χ0) is 5.70. The number of rotatable bonds is 0. The molecule has 0 aromatic rings. The molecule has 0 saturated heterocycles.